The predicted molar refractivity (Wildman–Crippen MR) is 87.1 cm³/mol. The molecule has 0 atom stereocenters. The molecule has 2 aromatic rings. The zero-order valence-electron chi connectivity index (χ0n) is 13.7. The Bertz CT molecular complexity index is 694. The second-order valence-corrected chi connectivity index (χ2v) is 4.70. The Labute approximate surface area is 135 Å². The fourth-order valence-electron chi connectivity index (χ4n) is 2.23. The van der Waals surface area contributed by atoms with E-state index in [9.17, 15) is 4.79 Å². The van der Waals surface area contributed by atoms with Crippen molar-refractivity contribution in [3.05, 3.63) is 47.5 Å². The summed E-state index contributed by atoms with van der Waals surface area (Å²) in [5, 5.41) is 0. The van der Waals surface area contributed by atoms with Gasteiger partial charge in [0.15, 0.2) is 28.8 Å². The van der Waals surface area contributed by atoms with Crippen molar-refractivity contribution < 1.29 is 23.7 Å². The average molecular weight is 316 g/mol. The van der Waals surface area contributed by atoms with Crippen molar-refractivity contribution in [3.8, 4) is 23.0 Å². The summed E-state index contributed by atoms with van der Waals surface area (Å²) in [6, 6.07) is 10.2. The van der Waals surface area contributed by atoms with E-state index < -0.39 is 0 Å². The molecule has 2 aromatic carbocycles. The molecule has 0 bridgehead atoms. The van der Waals surface area contributed by atoms with Gasteiger partial charge in [-0.1, -0.05) is 0 Å². The fourth-order valence-corrected chi connectivity index (χ4v) is 2.23. The molecular weight excluding hydrogens is 296 g/mol. The van der Waals surface area contributed by atoms with Crippen molar-refractivity contribution in [1.82, 2.24) is 0 Å². The molecule has 23 heavy (non-hydrogen) atoms. The molecule has 0 spiro atoms. The first-order valence-electron chi connectivity index (χ1n) is 7.22. The number of methoxy groups -OCH3 is 3. The van der Waals surface area contributed by atoms with E-state index in [0.717, 1.165) is 0 Å². The van der Waals surface area contributed by atoms with Crippen molar-refractivity contribution in [2.24, 2.45) is 0 Å². The predicted octanol–water partition coefficient (Wildman–Crippen LogP) is 3.34. The normalized spacial score (nSPS) is 10.1. The quantitative estimate of drug-likeness (QED) is 0.733. The van der Waals surface area contributed by atoms with Crippen LogP contribution in [0.25, 0.3) is 0 Å². The van der Waals surface area contributed by atoms with Crippen LogP contribution in [-0.2, 0) is 0 Å². The lowest BCUT2D eigenvalue weighted by atomic mass is 10.0. The van der Waals surface area contributed by atoms with Crippen LogP contribution in [0.5, 0.6) is 23.0 Å². The standard InChI is InChI=1S/C18H20O5/c1-5-23-17-11-13(7-9-15(17)21-3)18(19)12-6-8-14(20-2)16(10-12)22-4/h6-11H,5H2,1-4H3. The summed E-state index contributed by atoms with van der Waals surface area (Å²) in [7, 11) is 4.65. The third-order valence-corrected chi connectivity index (χ3v) is 3.37. The molecule has 0 amide bonds. The van der Waals surface area contributed by atoms with Gasteiger partial charge in [0.2, 0.25) is 0 Å². The third kappa shape index (κ3) is 3.56. The van der Waals surface area contributed by atoms with E-state index >= 15 is 0 Å². The Kier molecular flexibility index (Phi) is 5.46. The first kappa shape index (κ1) is 16.7. The maximum Gasteiger partial charge on any atom is 0.193 e. The van der Waals surface area contributed by atoms with Crippen LogP contribution in [-0.4, -0.2) is 33.7 Å². The minimum atomic E-state index is -0.130. The minimum absolute atomic E-state index is 0.130. The number of carbonyl (C=O) groups excluding carboxylic acids is 1. The van der Waals surface area contributed by atoms with Crippen molar-refractivity contribution >= 4 is 5.78 Å². The molecule has 5 nitrogen and oxygen atoms in total. The first-order chi connectivity index (χ1) is 11.1. The van der Waals surface area contributed by atoms with Crippen LogP contribution < -0.4 is 18.9 Å². The molecule has 0 unspecified atom stereocenters. The van der Waals surface area contributed by atoms with Crippen LogP contribution in [0, 0.1) is 0 Å². The third-order valence-electron chi connectivity index (χ3n) is 3.37. The van der Waals surface area contributed by atoms with Crippen molar-refractivity contribution in [2.75, 3.05) is 27.9 Å². The van der Waals surface area contributed by atoms with Gasteiger partial charge in [0, 0.05) is 11.1 Å². The van der Waals surface area contributed by atoms with Crippen LogP contribution in [0.15, 0.2) is 36.4 Å². The smallest absolute Gasteiger partial charge is 0.193 e. The molecule has 2 rings (SSSR count). The SMILES string of the molecule is CCOc1cc(C(=O)c2ccc(OC)c(OC)c2)ccc1OC. The lowest BCUT2D eigenvalue weighted by molar-refractivity contribution is 0.103. The fraction of sp³-hybridized carbons (Fsp3) is 0.278. The first-order valence-corrected chi connectivity index (χ1v) is 7.22. The van der Waals surface area contributed by atoms with Gasteiger partial charge >= 0.3 is 0 Å². The van der Waals surface area contributed by atoms with Gasteiger partial charge in [-0.05, 0) is 43.3 Å². The summed E-state index contributed by atoms with van der Waals surface area (Å²) >= 11 is 0. The van der Waals surface area contributed by atoms with E-state index in [1.807, 2.05) is 6.92 Å². The van der Waals surface area contributed by atoms with Crippen molar-refractivity contribution in [3.63, 3.8) is 0 Å². The zero-order chi connectivity index (χ0) is 16.8. The van der Waals surface area contributed by atoms with Gasteiger partial charge in [0.05, 0.1) is 27.9 Å². The molecule has 122 valence electrons. The summed E-state index contributed by atoms with van der Waals surface area (Å²) in [4.78, 5) is 12.7. The Morgan fingerprint density at radius 2 is 1.26 bits per heavy atom. The summed E-state index contributed by atoms with van der Waals surface area (Å²) in [5.41, 5.74) is 1.02. The second kappa shape index (κ2) is 7.54. The Balaban J connectivity index is 2.38. The van der Waals surface area contributed by atoms with Crippen LogP contribution >= 0.6 is 0 Å². The van der Waals surface area contributed by atoms with E-state index in [0.29, 0.717) is 40.7 Å². The van der Waals surface area contributed by atoms with Crippen LogP contribution in [0.4, 0.5) is 0 Å². The number of ether oxygens (including phenoxy) is 4. The maximum atomic E-state index is 12.7. The number of benzene rings is 2. The van der Waals surface area contributed by atoms with E-state index in [2.05, 4.69) is 0 Å². The monoisotopic (exact) mass is 316 g/mol. The number of carbonyl (C=O) groups is 1. The van der Waals surface area contributed by atoms with Crippen LogP contribution in [0.3, 0.4) is 0 Å². The molecule has 0 aliphatic carbocycles. The van der Waals surface area contributed by atoms with Crippen LogP contribution in [0.1, 0.15) is 22.8 Å². The highest BCUT2D eigenvalue weighted by atomic mass is 16.5. The second-order valence-electron chi connectivity index (χ2n) is 4.70. The summed E-state index contributed by atoms with van der Waals surface area (Å²) < 4.78 is 21.2. The molecule has 0 aliphatic heterocycles. The summed E-state index contributed by atoms with van der Waals surface area (Å²) in [6.45, 7) is 2.37. The van der Waals surface area contributed by atoms with Gasteiger partial charge in [-0.25, -0.2) is 0 Å². The Morgan fingerprint density at radius 1 is 0.783 bits per heavy atom. The molecule has 0 radical (unpaired) electrons. The molecule has 0 saturated carbocycles. The molecular formula is C18H20O5. The molecule has 0 aliphatic rings. The highest BCUT2D eigenvalue weighted by molar-refractivity contribution is 6.09. The van der Waals surface area contributed by atoms with Gasteiger partial charge < -0.3 is 18.9 Å². The minimum Gasteiger partial charge on any atom is -0.493 e. The molecule has 0 N–H and O–H groups in total. The van der Waals surface area contributed by atoms with Crippen LogP contribution in [0.2, 0.25) is 0 Å². The van der Waals surface area contributed by atoms with Gasteiger partial charge in [-0.3, -0.25) is 4.79 Å². The lowest BCUT2D eigenvalue weighted by Crippen LogP contribution is -2.04. The topological polar surface area (TPSA) is 54.0 Å². The largest absolute Gasteiger partial charge is 0.493 e. The molecule has 0 aromatic heterocycles. The lowest BCUT2D eigenvalue weighted by Gasteiger charge is -2.12. The number of hydrogen-bond acceptors (Lipinski definition) is 5. The number of rotatable bonds is 7. The van der Waals surface area contributed by atoms with Gasteiger partial charge in [-0.2, -0.15) is 0 Å². The average Bonchev–Trinajstić information content (AvgIpc) is 2.60. The molecule has 5 heteroatoms. The maximum absolute atomic E-state index is 12.7. The van der Waals surface area contributed by atoms with Gasteiger partial charge in [0.1, 0.15) is 0 Å². The highest BCUT2D eigenvalue weighted by Crippen LogP contribution is 2.31. The van der Waals surface area contributed by atoms with Gasteiger partial charge in [-0.15, -0.1) is 0 Å². The van der Waals surface area contributed by atoms with Gasteiger partial charge in [0.25, 0.3) is 0 Å². The molecule has 0 heterocycles. The molecule has 0 fully saturated rings. The number of hydrogen-bond donors (Lipinski definition) is 0. The van der Waals surface area contributed by atoms with E-state index in [-0.39, 0.29) is 5.78 Å². The highest BCUT2D eigenvalue weighted by Gasteiger charge is 2.15. The van der Waals surface area contributed by atoms with E-state index in [1.54, 1.807) is 50.6 Å². The van der Waals surface area contributed by atoms with Crippen molar-refractivity contribution in [2.45, 2.75) is 6.92 Å². The van der Waals surface area contributed by atoms with E-state index in [1.165, 1.54) is 7.11 Å². The van der Waals surface area contributed by atoms with Crippen molar-refractivity contribution in [1.29, 1.82) is 0 Å². The zero-order valence-corrected chi connectivity index (χ0v) is 13.7. The Morgan fingerprint density at radius 3 is 1.74 bits per heavy atom. The summed E-state index contributed by atoms with van der Waals surface area (Å²) in [5.74, 6) is 2.09. The number of ketones is 1. The van der Waals surface area contributed by atoms with E-state index in [4.69, 9.17) is 18.9 Å². The molecule has 0 saturated heterocycles. The summed E-state index contributed by atoms with van der Waals surface area (Å²) in [6.07, 6.45) is 0. The Hall–Kier alpha value is -2.69.